The molecule has 0 aliphatic carbocycles. The predicted molar refractivity (Wildman–Crippen MR) is 122 cm³/mol. The van der Waals surface area contributed by atoms with E-state index in [2.05, 4.69) is 85.5 Å². The Balaban J connectivity index is 0. The van der Waals surface area contributed by atoms with Crippen molar-refractivity contribution >= 4 is 30.1 Å². The van der Waals surface area contributed by atoms with Crippen LogP contribution in [0.1, 0.15) is 41.5 Å². The number of para-hydroxylation sites is 1. The first-order valence-electron chi connectivity index (χ1n) is 9.66. The minimum Gasteiger partial charge on any atom is -0.560 e. The minimum absolute atomic E-state index is 0.446. The standard InChI is InChI=1S/C8H6N2O2.2C6H15P.BrH.Ni/c11-8-6-10(9-12-8)7-4-2-1-3-5-7;2*1-4-7(5-2)6-3;;/h1-5,11H;2*4-6H2,1-3H3;1H;/q;;;;+1/p-2. The molecule has 0 atom stereocenters. The zero-order chi connectivity index (χ0) is 21.8. The largest absolute Gasteiger partial charge is 0.560 e. The van der Waals surface area contributed by atoms with Gasteiger partial charge in [0.1, 0.15) is 6.20 Å². The summed E-state index contributed by atoms with van der Waals surface area (Å²) in [4.78, 5) is 0. The average Bonchev–Trinajstić information content (AvgIpc) is 3.20. The molecule has 0 N–H and O–H groups in total. The van der Waals surface area contributed by atoms with Crippen LogP contribution in [0.25, 0.3) is 5.69 Å². The molecule has 165 valence electrons. The molecule has 0 unspecified atom stereocenters. The molecule has 2 aromatic rings. The summed E-state index contributed by atoms with van der Waals surface area (Å²) in [5, 5.41) is 14.0. The average molecular weight is 536 g/mol. The second-order valence-corrected chi connectivity index (χ2v) is 11.9. The van der Waals surface area contributed by atoms with Crippen LogP contribution in [0.4, 0.5) is 0 Å². The first-order valence-corrected chi connectivity index (χ1v) is 15.9. The number of hydrogen-bond donors (Lipinski definition) is 0. The maximum atomic E-state index is 10.6. The summed E-state index contributed by atoms with van der Waals surface area (Å²) < 4.78 is 5.59. The first-order chi connectivity index (χ1) is 13.6. The van der Waals surface area contributed by atoms with E-state index in [0.717, 1.165) is 5.69 Å². The van der Waals surface area contributed by atoms with Crippen LogP contribution in [-0.2, 0) is 13.7 Å². The molecule has 2 rings (SSSR count). The van der Waals surface area contributed by atoms with Gasteiger partial charge in [0, 0.05) is 5.27 Å². The van der Waals surface area contributed by atoms with E-state index < -0.39 is 5.95 Å². The van der Waals surface area contributed by atoms with E-state index in [1.165, 1.54) is 41.7 Å². The smallest absolute Gasteiger partial charge is 0.109 e. The van der Waals surface area contributed by atoms with Crippen molar-refractivity contribution in [3.8, 4) is 11.6 Å². The Labute approximate surface area is 189 Å². The summed E-state index contributed by atoms with van der Waals surface area (Å²) in [5.41, 5.74) is 0.753. The summed E-state index contributed by atoms with van der Waals surface area (Å²) in [5.74, 6) is -0.571. The van der Waals surface area contributed by atoms with Gasteiger partial charge >= 0.3 is 27.9 Å². The van der Waals surface area contributed by atoms with Crippen molar-refractivity contribution in [3.05, 3.63) is 36.5 Å². The molecule has 1 heterocycles. The van der Waals surface area contributed by atoms with E-state index in [-0.39, 0.29) is 0 Å². The summed E-state index contributed by atoms with van der Waals surface area (Å²) in [6.45, 7) is 13.7. The molecule has 0 spiro atoms. The van der Waals surface area contributed by atoms with Crippen LogP contribution in [-0.4, -0.2) is 42.2 Å². The second kappa shape index (κ2) is 21.7. The molecule has 28 heavy (non-hydrogen) atoms. The Kier molecular flexibility index (Phi) is 23.4. The summed E-state index contributed by atoms with van der Waals surface area (Å²) >= 11 is 6.25. The third kappa shape index (κ3) is 14.9. The van der Waals surface area contributed by atoms with Crippen molar-refractivity contribution in [2.24, 2.45) is 0 Å². The topological polar surface area (TPSA) is 53.0 Å². The Morgan fingerprint density at radius 2 is 1.29 bits per heavy atom. The number of nitrogens with zero attached hydrogens (tertiary/aromatic N) is 2. The fourth-order valence-corrected chi connectivity index (χ4v) is 4.91. The Morgan fingerprint density at radius 3 is 1.54 bits per heavy atom. The van der Waals surface area contributed by atoms with E-state index in [1.54, 1.807) is 12.1 Å². The molecular formula is C20H35BrN2NiO2P2-. The molecule has 0 radical (unpaired) electrons. The van der Waals surface area contributed by atoms with Crippen molar-refractivity contribution in [3.63, 3.8) is 0 Å². The van der Waals surface area contributed by atoms with Gasteiger partial charge in [-0.2, -0.15) is 4.68 Å². The van der Waals surface area contributed by atoms with Crippen LogP contribution in [0.3, 0.4) is 0 Å². The van der Waals surface area contributed by atoms with Crippen LogP contribution >= 0.6 is 30.1 Å². The quantitative estimate of drug-likeness (QED) is 0.197. The fourth-order valence-electron chi connectivity index (χ4n) is 2.23. The molecule has 0 bridgehead atoms. The van der Waals surface area contributed by atoms with Crippen molar-refractivity contribution in [1.82, 2.24) is 5.27 Å². The minimum atomic E-state index is -0.571. The molecule has 1 aromatic heterocycles. The van der Waals surface area contributed by atoms with Gasteiger partial charge in [0.05, 0.1) is 11.6 Å². The third-order valence-electron chi connectivity index (χ3n) is 4.09. The number of rotatable bonds is 7. The van der Waals surface area contributed by atoms with Gasteiger partial charge in [-0.3, -0.25) is 0 Å². The second-order valence-electron chi connectivity index (χ2n) is 5.46. The van der Waals surface area contributed by atoms with Gasteiger partial charge in [0.2, 0.25) is 0 Å². The van der Waals surface area contributed by atoms with Crippen LogP contribution in [0, 0.1) is 6.20 Å². The molecule has 0 saturated heterocycles. The summed E-state index contributed by atoms with van der Waals surface area (Å²) in [6.07, 6.45) is 10.9. The van der Waals surface area contributed by atoms with Gasteiger partial charge in [0.25, 0.3) is 0 Å². The number of hydrogen-bond acceptors (Lipinski definition) is 3. The van der Waals surface area contributed by atoms with E-state index in [4.69, 9.17) is 0 Å². The predicted octanol–water partition coefficient (Wildman–Crippen LogP) is 5.72. The van der Waals surface area contributed by atoms with Crippen LogP contribution in [0.5, 0.6) is 5.95 Å². The molecule has 0 aliphatic rings. The van der Waals surface area contributed by atoms with E-state index >= 15 is 0 Å². The van der Waals surface area contributed by atoms with Crippen LogP contribution in [0.15, 0.2) is 34.9 Å². The zero-order valence-corrected chi connectivity index (χ0v) is 22.3. The van der Waals surface area contributed by atoms with Crippen molar-refractivity contribution in [1.29, 1.82) is 0 Å². The summed E-state index contributed by atoms with van der Waals surface area (Å²) in [7, 11) is 0.892. The molecule has 8 heteroatoms. The number of benzene rings is 1. The zero-order valence-electron chi connectivity index (χ0n) is 17.9. The molecule has 1 aromatic carbocycles. The van der Waals surface area contributed by atoms with Gasteiger partial charge < -0.3 is 9.63 Å². The van der Waals surface area contributed by atoms with Gasteiger partial charge in [-0.25, -0.2) is 0 Å². The Morgan fingerprint density at radius 1 is 0.893 bits per heavy atom. The third-order valence-corrected chi connectivity index (χ3v) is 9.45. The van der Waals surface area contributed by atoms with E-state index in [0.29, 0.717) is 15.8 Å². The van der Waals surface area contributed by atoms with Crippen LogP contribution in [0.2, 0.25) is 0 Å². The van der Waals surface area contributed by atoms with Gasteiger partial charge in [0.15, 0.2) is 0 Å². The van der Waals surface area contributed by atoms with Gasteiger partial charge in [-0.15, -0.1) is 15.8 Å². The normalized spacial score (nSPS) is 9.68. The first kappa shape index (κ1) is 30.2. The maximum Gasteiger partial charge on any atom is 0.109 e. The van der Waals surface area contributed by atoms with Crippen molar-refractivity contribution in [2.45, 2.75) is 41.5 Å². The van der Waals surface area contributed by atoms with Crippen molar-refractivity contribution < 1.29 is 28.0 Å². The van der Waals surface area contributed by atoms with E-state index in [9.17, 15) is 5.11 Å². The monoisotopic (exact) mass is 534 g/mol. The number of aromatic nitrogens is 2. The number of halogens is 1. The molecule has 4 nitrogen and oxygen atoms in total. The van der Waals surface area contributed by atoms with Gasteiger partial charge in [-0.1, -0.05) is 71.9 Å². The van der Waals surface area contributed by atoms with Crippen molar-refractivity contribution in [2.75, 3.05) is 37.0 Å². The molecule has 0 fully saturated rings. The Bertz CT molecular complexity index is 531. The SMILES string of the molecule is CCP(CC)CC.CCP(CC)CC.[Ni][Br].[O-]c1[c-][n+](-c2ccccc2)no1. The molecule has 0 saturated carbocycles. The maximum absolute atomic E-state index is 10.6. The van der Waals surface area contributed by atoms with Crippen LogP contribution < -0.4 is 9.79 Å². The Hall–Kier alpha value is -0.00649. The van der Waals surface area contributed by atoms with Gasteiger partial charge in [-0.05, 0) is 37.0 Å². The fraction of sp³-hybridized carbons (Fsp3) is 0.600. The van der Waals surface area contributed by atoms with E-state index in [1.807, 2.05) is 18.2 Å². The summed E-state index contributed by atoms with van der Waals surface area (Å²) in [6, 6.07) is 9.17. The molecule has 0 amide bonds. The molecular weight excluding hydrogens is 501 g/mol. The molecule has 0 aliphatic heterocycles.